The number of carbonyl (C=O) groups is 2. The summed E-state index contributed by atoms with van der Waals surface area (Å²) in [5.74, 6) is 0.150. The van der Waals surface area contributed by atoms with Gasteiger partial charge < -0.3 is 10.1 Å². The van der Waals surface area contributed by atoms with Crippen molar-refractivity contribution in [1.29, 1.82) is 0 Å². The van der Waals surface area contributed by atoms with E-state index in [1.807, 2.05) is 12.1 Å². The summed E-state index contributed by atoms with van der Waals surface area (Å²) < 4.78 is 6.42. The Bertz CT molecular complexity index is 677. The van der Waals surface area contributed by atoms with Gasteiger partial charge >= 0.3 is 0 Å². The van der Waals surface area contributed by atoms with Crippen LogP contribution >= 0.6 is 15.9 Å². The maximum atomic E-state index is 11.8. The van der Waals surface area contributed by atoms with E-state index in [1.165, 1.54) is 31.9 Å². The number of rotatable bonds is 15. The number of hydrazone groups is 1. The first-order valence-electron chi connectivity index (χ1n) is 10.2. The Balaban J connectivity index is 2.27. The standard InChI is InChI=1S/C22H32BrN3O3/c1-3-5-6-7-8-9-10-11-21(27)24-17-22(28)26-25-16-18-15-19(23)12-13-20(18)29-14-4-2/h4,12-13,15-16H,2-3,5-11,14,17H2,1H3,(H,24,27)(H,26,28)/b25-16-. The first-order chi connectivity index (χ1) is 14.1. The van der Waals surface area contributed by atoms with Gasteiger partial charge in [-0.15, -0.1) is 0 Å². The summed E-state index contributed by atoms with van der Waals surface area (Å²) in [6.45, 7) is 6.10. The summed E-state index contributed by atoms with van der Waals surface area (Å²) in [7, 11) is 0. The van der Waals surface area contributed by atoms with Crippen LogP contribution in [0.3, 0.4) is 0 Å². The zero-order chi connectivity index (χ0) is 21.3. The average Bonchev–Trinajstić information content (AvgIpc) is 2.71. The maximum absolute atomic E-state index is 11.8. The van der Waals surface area contributed by atoms with E-state index in [0.717, 1.165) is 23.7 Å². The molecule has 1 aromatic carbocycles. The van der Waals surface area contributed by atoms with E-state index in [0.29, 0.717) is 24.3 Å². The third-order valence-electron chi connectivity index (χ3n) is 4.17. The molecule has 2 N–H and O–H groups in total. The van der Waals surface area contributed by atoms with Crippen molar-refractivity contribution < 1.29 is 14.3 Å². The second kappa shape index (κ2) is 15.7. The normalized spacial score (nSPS) is 10.7. The van der Waals surface area contributed by atoms with Crippen LogP contribution in [0.5, 0.6) is 5.75 Å². The molecular weight excluding hydrogens is 434 g/mol. The molecule has 29 heavy (non-hydrogen) atoms. The molecule has 0 bridgehead atoms. The molecule has 0 saturated carbocycles. The van der Waals surface area contributed by atoms with E-state index >= 15 is 0 Å². The van der Waals surface area contributed by atoms with E-state index in [9.17, 15) is 9.59 Å². The van der Waals surface area contributed by atoms with Crippen molar-refractivity contribution >= 4 is 34.0 Å². The first kappa shape index (κ1) is 24.9. The van der Waals surface area contributed by atoms with Crippen molar-refractivity contribution in [2.24, 2.45) is 5.10 Å². The molecule has 0 spiro atoms. The van der Waals surface area contributed by atoms with Crippen LogP contribution in [0.1, 0.15) is 63.9 Å². The van der Waals surface area contributed by atoms with E-state index in [-0.39, 0.29) is 18.4 Å². The molecule has 0 aromatic heterocycles. The van der Waals surface area contributed by atoms with Gasteiger partial charge in [0.25, 0.3) is 5.91 Å². The fourth-order valence-corrected chi connectivity index (χ4v) is 3.00. The minimum absolute atomic E-state index is 0.0923. The van der Waals surface area contributed by atoms with Crippen molar-refractivity contribution in [3.63, 3.8) is 0 Å². The fraction of sp³-hybridized carbons (Fsp3) is 0.500. The van der Waals surface area contributed by atoms with Crippen molar-refractivity contribution in [2.75, 3.05) is 13.2 Å². The van der Waals surface area contributed by atoms with Gasteiger partial charge in [0.1, 0.15) is 12.4 Å². The molecule has 1 aromatic rings. The molecule has 6 nitrogen and oxygen atoms in total. The summed E-state index contributed by atoms with van der Waals surface area (Å²) in [5.41, 5.74) is 3.12. The van der Waals surface area contributed by atoms with Crippen molar-refractivity contribution in [2.45, 2.75) is 58.3 Å². The maximum Gasteiger partial charge on any atom is 0.259 e. The molecule has 1 rings (SSSR count). The van der Waals surface area contributed by atoms with Crippen LogP contribution in [0.4, 0.5) is 0 Å². The zero-order valence-electron chi connectivity index (χ0n) is 17.2. The topological polar surface area (TPSA) is 79.8 Å². The second-order valence-electron chi connectivity index (χ2n) is 6.72. The molecule has 0 saturated heterocycles. The van der Waals surface area contributed by atoms with Gasteiger partial charge in [-0.1, -0.05) is 74.0 Å². The third kappa shape index (κ3) is 12.1. The largest absolute Gasteiger partial charge is 0.489 e. The lowest BCUT2D eigenvalue weighted by Crippen LogP contribution is -2.34. The van der Waals surface area contributed by atoms with Gasteiger partial charge in [0.05, 0.1) is 12.8 Å². The second-order valence-corrected chi connectivity index (χ2v) is 7.64. The molecule has 0 radical (unpaired) electrons. The quantitative estimate of drug-likeness (QED) is 0.170. The van der Waals surface area contributed by atoms with Crippen LogP contribution < -0.4 is 15.5 Å². The van der Waals surface area contributed by atoms with E-state index in [4.69, 9.17) is 4.74 Å². The fourth-order valence-electron chi connectivity index (χ4n) is 2.62. The number of benzene rings is 1. The Labute approximate surface area is 182 Å². The Hall–Kier alpha value is -2.15. The van der Waals surface area contributed by atoms with E-state index in [2.05, 4.69) is 45.3 Å². The highest BCUT2D eigenvalue weighted by molar-refractivity contribution is 9.10. The van der Waals surface area contributed by atoms with Crippen molar-refractivity contribution in [1.82, 2.24) is 10.7 Å². The van der Waals surface area contributed by atoms with Crippen molar-refractivity contribution in [3.05, 3.63) is 40.9 Å². The van der Waals surface area contributed by atoms with Gasteiger partial charge in [-0.3, -0.25) is 9.59 Å². The van der Waals surface area contributed by atoms with Gasteiger partial charge in [0.15, 0.2) is 0 Å². The Morgan fingerprint density at radius 3 is 2.59 bits per heavy atom. The summed E-state index contributed by atoms with van der Waals surface area (Å²) >= 11 is 3.40. The number of hydrogen-bond acceptors (Lipinski definition) is 4. The predicted octanol–water partition coefficient (Wildman–Crippen LogP) is 4.72. The highest BCUT2D eigenvalue weighted by Crippen LogP contribution is 2.21. The number of nitrogens with zero attached hydrogens (tertiary/aromatic N) is 1. The third-order valence-corrected chi connectivity index (χ3v) is 4.67. The molecular formula is C22H32BrN3O3. The molecule has 0 aliphatic carbocycles. The summed E-state index contributed by atoms with van der Waals surface area (Å²) in [6, 6.07) is 5.49. The summed E-state index contributed by atoms with van der Waals surface area (Å²) in [6.07, 6.45) is 11.7. The first-order valence-corrected chi connectivity index (χ1v) is 11.0. The number of nitrogens with one attached hydrogen (secondary N) is 2. The predicted molar refractivity (Wildman–Crippen MR) is 121 cm³/mol. The van der Waals surface area contributed by atoms with Gasteiger partial charge in [0, 0.05) is 16.5 Å². The molecule has 2 amide bonds. The molecule has 0 aliphatic heterocycles. The smallest absolute Gasteiger partial charge is 0.259 e. The number of ether oxygens (including phenoxy) is 1. The summed E-state index contributed by atoms with van der Waals surface area (Å²) in [4.78, 5) is 23.6. The van der Waals surface area contributed by atoms with E-state index in [1.54, 1.807) is 12.1 Å². The van der Waals surface area contributed by atoms with E-state index < -0.39 is 0 Å². The van der Waals surface area contributed by atoms with Crippen LogP contribution in [0.15, 0.2) is 40.4 Å². The van der Waals surface area contributed by atoms with Gasteiger partial charge in [0.2, 0.25) is 5.91 Å². The number of amides is 2. The molecule has 0 unspecified atom stereocenters. The number of unbranched alkanes of at least 4 members (excludes halogenated alkanes) is 6. The van der Waals surface area contributed by atoms with Crippen LogP contribution in [0.2, 0.25) is 0 Å². The Morgan fingerprint density at radius 1 is 1.14 bits per heavy atom. The highest BCUT2D eigenvalue weighted by atomic mass is 79.9. The van der Waals surface area contributed by atoms with Crippen LogP contribution in [0, 0.1) is 0 Å². The number of halogens is 1. The minimum Gasteiger partial charge on any atom is -0.489 e. The van der Waals surface area contributed by atoms with Crippen LogP contribution in [-0.2, 0) is 9.59 Å². The lowest BCUT2D eigenvalue weighted by molar-refractivity contribution is -0.126. The highest BCUT2D eigenvalue weighted by Gasteiger charge is 2.06. The van der Waals surface area contributed by atoms with Gasteiger partial charge in [-0.05, 0) is 24.6 Å². The minimum atomic E-state index is -0.377. The zero-order valence-corrected chi connectivity index (χ0v) is 18.8. The van der Waals surface area contributed by atoms with Gasteiger partial charge in [-0.25, -0.2) is 5.43 Å². The monoisotopic (exact) mass is 465 g/mol. The SMILES string of the molecule is C=CCOc1ccc(Br)cc1/C=N\NC(=O)CNC(=O)CCCCCCCCC. The molecule has 0 heterocycles. The van der Waals surface area contributed by atoms with Gasteiger partial charge in [-0.2, -0.15) is 5.10 Å². The summed E-state index contributed by atoms with van der Waals surface area (Å²) in [5, 5.41) is 6.56. The molecule has 0 atom stereocenters. The molecule has 7 heteroatoms. The lowest BCUT2D eigenvalue weighted by atomic mass is 10.1. The number of carbonyl (C=O) groups excluding carboxylic acids is 2. The lowest BCUT2D eigenvalue weighted by Gasteiger charge is -2.07. The Kier molecular flexibility index (Phi) is 13.5. The number of hydrogen-bond donors (Lipinski definition) is 2. The average molecular weight is 466 g/mol. The van der Waals surface area contributed by atoms with Crippen molar-refractivity contribution in [3.8, 4) is 5.75 Å². The molecule has 0 fully saturated rings. The Morgan fingerprint density at radius 2 is 1.86 bits per heavy atom. The molecule has 0 aliphatic rings. The van der Waals surface area contributed by atoms with Crippen LogP contribution in [-0.4, -0.2) is 31.2 Å². The van der Waals surface area contributed by atoms with Crippen LogP contribution in [0.25, 0.3) is 0 Å². The molecule has 160 valence electrons.